The molecule has 0 aromatic carbocycles. The molecule has 21 heavy (non-hydrogen) atoms. The highest BCUT2D eigenvalue weighted by atomic mass is 16.5. The van der Waals surface area contributed by atoms with Gasteiger partial charge in [0.2, 0.25) is 0 Å². The van der Waals surface area contributed by atoms with Gasteiger partial charge in [-0.3, -0.25) is 14.7 Å². The van der Waals surface area contributed by atoms with E-state index in [4.69, 9.17) is 4.74 Å². The molecule has 2 fully saturated rings. The third-order valence-electron chi connectivity index (χ3n) is 4.71. The van der Waals surface area contributed by atoms with Crippen molar-refractivity contribution in [2.24, 2.45) is 0 Å². The Kier molecular flexibility index (Phi) is 4.51. The summed E-state index contributed by atoms with van der Waals surface area (Å²) in [5.41, 5.74) is 0.740. The van der Waals surface area contributed by atoms with Crippen LogP contribution in [-0.2, 0) is 4.74 Å². The number of nitrogens with zero attached hydrogens (tertiary/aromatic N) is 3. The molecule has 1 aromatic rings. The van der Waals surface area contributed by atoms with Crippen molar-refractivity contribution in [2.45, 2.75) is 31.4 Å². The minimum Gasteiger partial charge on any atom is -0.380 e. The number of pyridine rings is 1. The molecule has 0 N–H and O–H groups in total. The Labute approximate surface area is 125 Å². The van der Waals surface area contributed by atoms with Crippen LogP contribution < -0.4 is 0 Å². The molecule has 2 saturated heterocycles. The molecule has 3 rings (SSSR count). The molecule has 1 amide bonds. The zero-order valence-corrected chi connectivity index (χ0v) is 12.6. The summed E-state index contributed by atoms with van der Waals surface area (Å²) in [6.45, 7) is 3.86. The van der Waals surface area contributed by atoms with Crippen LogP contribution in [0.5, 0.6) is 0 Å². The number of rotatable bonds is 3. The van der Waals surface area contributed by atoms with Crippen LogP contribution in [0.25, 0.3) is 0 Å². The maximum absolute atomic E-state index is 12.4. The average Bonchev–Trinajstić information content (AvgIpc) is 3.04. The van der Waals surface area contributed by atoms with Crippen LogP contribution in [-0.4, -0.2) is 66.1 Å². The van der Waals surface area contributed by atoms with E-state index in [0.717, 1.165) is 51.0 Å². The summed E-state index contributed by atoms with van der Waals surface area (Å²) in [4.78, 5) is 20.9. The first-order valence-corrected chi connectivity index (χ1v) is 7.74. The van der Waals surface area contributed by atoms with Gasteiger partial charge in [-0.05, 0) is 31.4 Å². The molecule has 3 heterocycles. The first kappa shape index (κ1) is 14.5. The Morgan fingerprint density at radius 1 is 1.19 bits per heavy atom. The molecule has 0 spiro atoms. The van der Waals surface area contributed by atoms with Gasteiger partial charge >= 0.3 is 0 Å². The minimum absolute atomic E-state index is 0.132. The van der Waals surface area contributed by atoms with Gasteiger partial charge in [-0.1, -0.05) is 0 Å². The lowest BCUT2D eigenvalue weighted by Gasteiger charge is -2.36. The van der Waals surface area contributed by atoms with E-state index < -0.39 is 0 Å². The fraction of sp³-hybridized carbons (Fsp3) is 0.625. The number of amides is 1. The van der Waals surface area contributed by atoms with Crippen LogP contribution in [0.3, 0.4) is 0 Å². The first-order valence-electron chi connectivity index (χ1n) is 7.74. The minimum atomic E-state index is 0.132. The van der Waals surface area contributed by atoms with Crippen molar-refractivity contribution in [3.63, 3.8) is 0 Å². The molecule has 1 aromatic heterocycles. The van der Waals surface area contributed by atoms with Crippen LogP contribution in [0, 0.1) is 0 Å². The third kappa shape index (κ3) is 3.24. The molecular weight excluding hydrogens is 266 g/mol. The number of aromatic nitrogens is 1. The van der Waals surface area contributed by atoms with E-state index in [1.165, 1.54) is 0 Å². The Bertz CT molecular complexity index is 472. The number of hydrogen-bond acceptors (Lipinski definition) is 4. The predicted octanol–water partition coefficient (Wildman–Crippen LogP) is 1.41. The summed E-state index contributed by atoms with van der Waals surface area (Å²) >= 11 is 0. The van der Waals surface area contributed by atoms with Crippen molar-refractivity contribution >= 4 is 5.91 Å². The summed E-state index contributed by atoms with van der Waals surface area (Å²) < 4.78 is 5.44. The summed E-state index contributed by atoms with van der Waals surface area (Å²) in [5.74, 6) is 0.132. The topological polar surface area (TPSA) is 45.7 Å². The second kappa shape index (κ2) is 6.54. The van der Waals surface area contributed by atoms with Crippen molar-refractivity contribution in [1.29, 1.82) is 0 Å². The van der Waals surface area contributed by atoms with Crippen molar-refractivity contribution in [1.82, 2.24) is 14.8 Å². The first-order chi connectivity index (χ1) is 10.3. The van der Waals surface area contributed by atoms with Gasteiger partial charge < -0.3 is 9.64 Å². The normalized spacial score (nSPS) is 24.4. The van der Waals surface area contributed by atoms with E-state index in [1.54, 1.807) is 31.6 Å². The zero-order valence-electron chi connectivity index (χ0n) is 12.6. The Morgan fingerprint density at radius 2 is 1.90 bits per heavy atom. The number of likely N-dealkylation sites (tertiary alicyclic amines) is 2. The van der Waals surface area contributed by atoms with Crippen molar-refractivity contribution < 1.29 is 9.53 Å². The number of carbonyl (C=O) groups is 1. The second-order valence-corrected chi connectivity index (χ2v) is 5.90. The van der Waals surface area contributed by atoms with E-state index in [-0.39, 0.29) is 5.91 Å². The standard InChI is InChI=1S/C16H23N3O2/c1-21-15-6-11-19(12-15)14-4-9-18(10-5-14)16(20)13-2-7-17-8-3-13/h2-3,7-8,14-15H,4-6,9-12H2,1H3. The fourth-order valence-electron chi connectivity index (χ4n) is 3.39. The van der Waals surface area contributed by atoms with Crippen LogP contribution in [0.1, 0.15) is 29.6 Å². The molecular formula is C16H23N3O2. The van der Waals surface area contributed by atoms with E-state index in [9.17, 15) is 4.79 Å². The van der Waals surface area contributed by atoms with Gasteiger partial charge in [-0.2, -0.15) is 0 Å². The summed E-state index contributed by atoms with van der Waals surface area (Å²) in [7, 11) is 1.80. The summed E-state index contributed by atoms with van der Waals surface area (Å²) in [6.07, 6.45) is 7.00. The lowest BCUT2D eigenvalue weighted by atomic mass is 10.0. The quantitative estimate of drug-likeness (QED) is 0.844. The largest absolute Gasteiger partial charge is 0.380 e. The van der Waals surface area contributed by atoms with Gasteiger partial charge in [-0.15, -0.1) is 0 Å². The molecule has 0 aliphatic carbocycles. The van der Waals surface area contributed by atoms with Gasteiger partial charge in [0.15, 0.2) is 0 Å². The number of ether oxygens (including phenoxy) is 1. The monoisotopic (exact) mass is 289 g/mol. The Morgan fingerprint density at radius 3 is 2.52 bits per heavy atom. The molecule has 114 valence electrons. The summed E-state index contributed by atoms with van der Waals surface area (Å²) in [5, 5.41) is 0. The molecule has 1 atom stereocenters. The molecule has 1 unspecified atom stereocenters. The van der Waals surface area contributed by atoms with Crippen LogP contribution in [0.4, 0.5) is 0 Å². The van der Waals surface area contributed by atoms with Crippen LogP contribution in [0.2, 0.25) is 0 Å². The van der Waals surface area contributed by atoms with E-state index >= 15 is 0 Å². The van der Waals surface area contributed by atoms with Gasteiger partial charge in [0.1, 0.15) is 0 Å². The molecule has 0 saturated carbocycles. The van der Waals surface area contributed by atoms with Crippen LogP contribution >= 0.6 is 0 Å². The van der Waals surface area contributed by atoms with E-state index in [1.807, 2.05) is 4.90 Å². The predicted molar refractivity (Wildman–Crippen MR) is 80.1 cm³/mol. The molecule has 5 heteroatoms. The van der Waals surface area contributed by atoms with Crippen molar-refractivity contribution in [3.8, 4) is 0 Å². The van der Waals surface area contributed by atoms with Crippen molar-refractivity contribution in [3.05, 3.63) is 30.1 Å². The lowest BCUT2D eigenvalue weighted by Crippen LogP contribution is -2.46. The number of hydrogen-bond donors (Lipinski definition) is 0. The third-order valence-corrected chi connectivity index (χ3v) is 4.71. The molecule has 5 nitrogen and oxygen atoms in total. The smallest absolute Gasteiger partial charge is 0.253 e. The van der Waals surface area contributed by atoms with Crippen LogP contribution in [0.15, 0.2) is 24.5 Å². The highest BCUT2D eigenvalue weighted by Crippen LogP contribution is 2.23. The number of methoxy groups -OCH3 is 1. The lowest BCUT2D eigenvalue weighted by molar-refractivity contribution is 0.0603. The highest BCUT2D eigenvalue weighted by molar-refractivity contribution is 5.94. The maximum Gasteiger partial charge on any atom is 0.253 e. The van der Waals surface area contributed by atoms with E-state index in [0.29, 0.717) is 12.1 Å². The SMILES string of the molecule is COC1CCN(C2CCN(C(=O)c3ccncc3)CC2)C1. The number of piperidine rings is 1. The zero-order chi connectivity index (χ0) is 14.7. The molecule has 0 radical (unpaired) electrons. The van der Waals surface area contributed by atoms with Crippen molar-refractivity contribution in [2.75, 3.05) is 33.3 Å². The molecule has 2 aliphatic rings. The van der Waals surface area contributed by atoms with Gasteiger partial charge in [0.05, 0.1) is 6.10 Å². The number of carbonyl (C=O) groups excluding carboxylic acids is 1. The maximum atomic E-state index is 12.4. The van der Waals surface area contributed by atoms with Gasteiger partial charge in [-0.25, -0.2) is 0 Å². The fourth-order valence-corrected chi connectivity index (χ4v) is 3.39. The summed E-state index contributed by atoms with van der Waals surface area (Å²) in [6, 6.07) is 4.18. The Balaban J connectivity index is 1.52. The molecule has 0 bridgehead atoms. The highest BCUT2D eigenvalue weighted by Gasteiger charge is 2.31. The second-order valence-electron chi connectivity index (χ2n) is 5.90. The molecule has 2 aliphatic heterocycles. The van der Waals surface area contributed by atoms with E-state index in [2.05, 4.69) is 9.88 Å². The Hall–Kier alpha value is -1.46. The van der Waals surface area contributed by atoms with Gasteiger partial charge in [0, 0.05) is 57.3 Å². The van der Waals surface area contributed by atoms with Gasteiger partial charge in [0.25, 0.3) is 5.91 Å². The average molecular weight is 289 g/mol.